The quantitative estimate of drug-likeness (QED) is 0.366. The molecule has 2 bridgehead atoms. The molecule has 200 valence electrons. The van der Waals surface area contributed by atoms with E-state index in [4.69, 9.17) is 9.47 Å². The van der Waals surface area contributed by atoms with Crippen molar-refractivity contribution in [1.29, 1.82) is 0 Å². The zero-order chi connectivity index (χ0) is 27.8. The Morgan fingerprint density at radius 3 is 1.52 bits per heavy atom. The van der Waals surface area contributed by atoms with Crippen molar-refractivity contribution >= 4 is 35.0 Å². The molecule has 0 radical (unpaired) electrons. The van der Waals surface area contributed by atoms with Crippen LogP contribution in [0, 0.1) is 29.6 Å². The Balaban J connectivity index is 1.44. The minimum absolute atomic E-state index is 0.357. The zero-order valence-corrected chi connectivity index (χ0v) is 21.9. The molecule has 8 heteroatoms. The monoisotopic (exact) mass is 534 g/mol. The average Bonchev–Trinajstić information content (AvgIpc) is 3.44. The molecule has 3 aliphatic carbocycles. The largest absolute Gasteiger partial charge is 0.495 e. The highest BCUT2D eigenvalue weighted by atomic mass is 16.5. The molecule has 40 heavy (non-hydrogen) atoms. The van der Waals surface area contributed by atoms with Gasteiger partial charge in [0.15, 0.2) is 0 Å². The summed E-state index contributed by atoms with van der Waals surface area (Å²) in [5, 5.41) is 0. The molecule has 5 aliphatic rings. The maximum atomic E-state index is 14.4. The number of anilines is 2. The third kappa shape index (κ3) is 2.90. The van der Waals surface area contributed by atoms with Crippen molar-refractivity contribution in [2.75, 3.05) is 24.0 Å². The average molecular weight is 535 g/mol. The summed E-state index contributed by atoms with van der Waals surface area (Å²) < 4.78 is 11.0. The van der Waals surface area contributed by atoms with Crippen molar-refractivity contribution in [1.82, 2.24) is 0 Å². The standard InChI is InChI=1S/C32H26N2O6/c1-39-22-14-8-6-12-20(22)33-28(35)24-19-16-17-32(26(24)30(33)37,18-10-4-3-5-11-18)27-25(19)29(36)34(31(27)38)21-13-7-9-15-23(21)40-2/h3-17,19,24-27H,1-2H3. The number of allylic oxidation sites excluding steroid dienone is 2. The topological polar surface area (TPSA) is 93.2 Å². The van der Waals surface area contributed by atoms with Gasteiger partial charge >= 0.3 is 0 Å². The highest BCUT2D eigenvalue weighted by Crippen LogP contribution is 2.65. The van der Waals surface area contributed by atoms with Crippen LogP contribution in [0.15, 0.2) is 91.0 Å². The van der Waals surface area contributed by atoms with E-state index in [-0.39, 0.29) is 11.8 Å². The van der Waals surface area contributed by atoms with E-state index >= 15 is 0 Å². The number of imide groups is 2. The van der Waals surface area contributed by atoms with Gasteiger partial charge in [0.25, 0.3) is 0 Å². The van der Waals surface area contributed by atoms with E-state index in [9.17, 15) is 19.2 Å². The predicted molar refractivity (Wildman–Crippen MR) is 146 cm³/mol. The summed E-state index contributed by atoms with van der Waals surface area (Å²) in [6, 6.07) is 23.1. The summed E-state index contributed by atoms with van der Waals surface area (Å²) in [6.45, 7) is 0. The van der Waals surface area contributed by atoms with Gasteiger partial charge in [-0.2, -0.15) is 0 Å². The maximum Gasteiger partial charge on any atom is 0.239 e. The number of benzene rings is 3. The number of amides is 4. The summed E-state index contributed by atoms with van der Waals surface area (Å²) in [7, 11) is 2.98. The van der Waals surface area contributed by atoms with Crippen LogP contribution in [0.5, 0.6) is 11.5 Å². The van der Waals surface area contributed by atoms with E-state index < -0.39 is 46.8 Å². The Morgan fingerprint density at radius 2 is 1.05 bits per heavy atom. The Bertz CT molecular complexity index is 1520. The Morgan fingerprint density at radius 1 is 0.600 bits per heavy atom. The molecule has 3 aromatic carbocycles. The van der Waals surface area contributed by atoms with Crippen LogP contribution in [0.1, 0.15) is 5.56 Å². The van der Waals surface area contributed by atoms with Crippen molar-refractivity contribution < 1.29 is 28.7 Å². The molecular weight excluding hydrogens is 508 g/mol. The molecule has 3 fully saturated rings. The lowest BCUT2D eigenvalue weighted by Crippen LogP contribution is -2.60. The van der Waals surface area contributed by atoms with Gasteiger partial charge in [-0.05, 0) is 29.8 Å². The van der Waals surface area contributed by atoms with Crippen LogP contribution in [-0.4, -0.2) is 37.8 Å². The summed E-state index contributed by atoms with van der Waals surface area (Å²) in [4.78, 5) is 59.6. The number of nitrogens with zero attached hydrogens (tertiary/aromatic N) is 2. The first-order chi connectivity index (χ1) is 19.5. The van der Waals surface area contributed by atoms with Crippen LogP contribution in [0.3, 0.4) is 0 Å². The van der Waals surface area contributed by atoms with E-state index in [0.29, 0.717) is 22.9 Å². The van der Waals surface area contributed by atoms with Crippen LogP contribution in [0.2, 0.25) is 0 Å². The van der Waals surface area contributed by atoms with Crippen molar-refractivity contribution in [2.24, 2.45) is 29.6 Å². The number of para-hydroxylation sites is 4. The number of carbonyl (C=O) groups excluding carboxylic acids is 4. The summed E-state index contributed by atoms with van der Waals surface area (Å²) in [5.41, 5.74) is 0.240. The molecule has 0 aromatic heterocycles. The van der Waals surface area contributed by atoms with E-state index in [1.807, 2.05) is 42.5 Å². The van der Waals surface area contributed by atoms with Gasteiger partial charge in [0.2, 0.25) is 23.6 Å². The van der Waals surface area contributed by atoms with Crippen LogP contribution in [0.25, 0.3) is 0 Å². The van der Waals surface area contributed by atoms with E-state index in [1.54, 1.807) is 48.5 Å². The fourth-order valence-corrected chi connectivity index (χ4v) is 7.58. The molecular formula is C32H26N2O6. The minimum atomic E-state index is -1.20. The molecule has 2 heterocycles. The van der Waals surface area contributed by atoms with Crippen LogP contribution >= 0.6 is 0 Å². The molecule has 8 nitrogen and oxygen atoms in total. The molecule has 8 rings (SSSR count). The minimum Gasteiger partial charge on any atom is -0.495 e. The highest BCUT2D eigenvalue weighted by Gasteiger charge is 2.75. The van der Waals surface area contributed by atoms with E-state index in [2.05, 4.69) is 0 Å². The molecule has 0 spiro atoms. The Hall–Kier alpha value is -4.72. The third-order valence-electron chi connectivity index (χ3n) is 9.08. The van der Waals surface area contributed by atoms with Gasteiger partial charge in [-0.1, -0.05) is 66.7 Å². The van der Waals surface area contributed by atoms with Gasteiger partial charge in [0.1, 0.15) is 11.5 Å². The number of rotatable bonds is 5. The van der Waals surface area contributed by atoms with E-state index in [1.165, 1.54) is 24.0 Å². The van der Waals surface area contributed by atoms with Crippen molar-refractivity contribution in [3.63, 3.8) is 0 Å². The summed E-state index contributed by atoms with van der Waals surface area (Å²) in [6.07, 6.45) is 3.78. The number of hydrogen-bond donors (Lipinski definition) is 0. The molecule has 2 aliphatic heterocycles. The molecule has 1 saturated carbocycles. The molecule has 3 aromatic rings. The second-order valence-electron chi connectivity index (χ2n) is 10.6. The Kier molecular flexibility index (Phi) is 5.26. The third-order valence-corrected chi connectivity index (χ3v) is 9.08. The second kappa shape index (κ2) is 8.64. The summed E-state index contributed by atoms with van der Waals surface area (Å²) in [5.74, 6) is -4.73. The lowest BCUT2D eigenvalue weighted by atomic mass is 9.45. The SMILES string of the molecule is COc1ccccc1N1C(=O)C2C3C=CC(c4ccccc4)(C2C1=O)C1C(=O)N(c2ccccc2OC)C(=O)C31. The molecule has 0 N–H and O–H groups in total. The fourth-order valence-electron chi connectivity index (χ4n) is 7.58. The van der Waals surface area contributed by atoms with Crippen LogP contribution < -0.4 is 19.3 Å². The molecule has 2 saturated heterocycles. The number of methoxy groups -OCH3 is 2. The Labute approximate surface area is 230 Å². The zero-order valence-electron chi connectivity index (χ0n) is 21.9. The first kappa shape index (κ1) is 24.3. The normalized spacial score (nSPS) is 30.1. The molecule has 4 amide bonds. The van der Waals surface area contributed by atoms with Crippen molar-refractivity contribution in [2.45, 2.75) is 5.41 Å². The summed E-state index contributed by atoms with van der Waals surface area (Å²) >= 11 is 0. The first-order valence-corrected chi connectivity index (χ1v) is 13.2. The van der Waals surface area contributed by atoms with Gasteiger partial charge in [-0.15, -0.1) is 0 Å². The second-order valence-corrected chi connectivity index (χ2v) is 10.6. The lowest BCUT2D eigenvalue weighted by molar-refractivity contribution is -0.140. The number of ether oxygens (including phenoxy) is 2. The van der Waals surface area contributed by atoms with Gasteiger partial charge in [0, 0.05) is 11.3 Å². The smallest absolute Gasteiger partial charge is 0.239 e. The first-order valence-electron chi connectivity index (χ1n) is 13.2. The highest BCUT2D eigenvalue weighted by molar-refractivity contribution is 6.27. The van der Waals surface area contributed by atoms with E-state index in [0.717, 1.165) is 5.56 Å². The van der Waals surface area contributed by atoms with Crippen LogP contribution in [-0.2, 0) is 24.6 Å². The maximum absolute atomic E-state index is 14.4. The van der Waals surface area contributed by atoms with Crippen molar-refractivity contribution in [3.05, 3.63) is 96.6 Å². The molecule has 4 atom stereocenters. The lowest BCUT2D eigenvalue weighted by Gasteiger charge is -2.53. The molecule has 4 unspecified atom stereocenters. The fraction of sp³-hybridized carbons (Fsp3) is 0.250. The van der Waals surface area contributed by atoms with Crippen molar-refractivity contribution in [3.8, 4) is 11.5 Å². The number of hydrogen-bond acceptors (Lipinski definition) is 6. The van der Waals surface area contributed by atoms with Gasteiger partial charge in [-0.3, -0.25) is 19.2 Å². The number of carbonyl (C=O) groups is 4. The van der Waals surface area contributed by atoms with Gasteiger partial charge < -0.3 is 9.47 Å². The predicted octanol–water partition coefficient (Wildman–Crippen LogP) is 3.75. The van der Waals surface area contributed by atoms with Gasteiger partial charge in [-0.25, -0.2) is 9.80 Å². The van der Waals surface area contributed by atoms with Crippen LogP contribution in [0.4, 0.5) is 11.4 Å². The van der Waals surface area contributed by atoms with Gasteiger partial charge in [0.05, 0.1) is 49.3 Å².